The number of nitrogens with zero attached hydrogens (tertiary/aromatic N) is 3. The topological polar surface area (TPSA) is 92.1 Å². The molecule has 0 radical (unpaired) electrons. The molecule has 6 heteroatoms. The van der Waals surface area contributed by atoms with Crippen molar-refractivity contribution in [2.45, 2.75) is 12.8 Å². The van der Waals surface area contributed by atoms with Crippen LogP contribution in [0.5, 0.6) is 0 Å². The van der Waals surface area contributed by atoms with Crippen molar-refractivity contribution >= 4 is 11.8 Å². The summed E-state index contributed by atoms with van der Waals surface area (Å²) >= 11 is 0. The summed E-state index contributed by atoms with van der Waals surface area (Å²) in [6.45, 7) is 0.733. The average Bonchev–Trinajstić information content (AvgIpc) is 2.96. The van der Waals surface area contributed by atoms with Crippen LogP contribution in [0.3, 0.4) is 0 Å². The maximum atomic E-state index is 12.8. The minimum atomic E-state index is -0.447. The van der Waals surface area contributed by atoms with Crippen molar-refractivity contribution < 1.29 is 9.59 Å². The first-order valence-corrected chi connectivity index (χ1v) is 7.69. The van der Waals surface area contributed by atoms with Gasteiger partial charge in [0.25, 0.3) is 5.91 Å². The molecule has 0 fully saturated rings. The standard InChI is InChI=1S/C18H20N4O2/c1-21-13-15(12-19)11-16(21)18(24)22(10-8-17(20)23)9-7-14-5-3-2-4-6-14/h2-6,11,13H,7-10H2,1H3,(H2,20,23). The quantitative estimate of drug-likeness (QED) is 0.835. The average molecular weight is 324 g/mol. The van der Waals surface area contributed by atoms with Gasteiger partial charge in [-0.05, 0) is 18.1 Å². The zero-order chi connectivity index (χ0) is 17.5. The molecule has 0 spiro atoms. The van der Waals surface area contributed by atoms with Crippen molar-refractivity contribution in [3.05, 3.63) is 59.4 Å². The Labute approximate surface area is 141 Å². The third kappa shape index (κ3) is 4.46. The summed E-state index contributed by atoms with van der Waals surface area (Å²) in [5.41, 5.74) is 7.18. The van der Waals surface area contributed by atoms with Crippen molar-refractivity contribution in [1.82, 2.24) is 9.47 Å². The molecule has 0 saturated heterocycles. The van der Waals surface area contributed by atoms with Crippen LogP contribution < -0.4 is 5.73 Å². The molecule has 1 aromatic carbocycles. The molecule has 2 amide bonds. The third-order valence-electron chi connectivity index (χ3n) is 3.78. The van der Waals surface area contributed by atoms with Crippen LogP contribution >= 0.6 is 0 Å². The molecule has 6 nitrogen and oxygen atoms in total. The zero-order valence-corrected chi connectivity index (χ0v) is 13.6. The lowest BCUT2D eigenvalue weighted by Gasteiger charge is -2.22. The van der Waals surface area contributed by atoms with E-state index in [1.54, 1.807) is 28.8 Å². The molecule has 0 bridgehead atoms. The van der Waals surface area contributed by atoms with Gasteiger partial charge in [0.1, 0.15) is 11.8 Å². The SMILES string of the molecule is Cn1cc(C#N)cc1C(=O)N(CCC(N)=O)CCc1ccccc1. The van der Waals surface area contributed by atoms with Crippen LogP contribution in [-0.2, 0) is 18.3 Å². The largest absolute Gasteiger partial charge is 0.370 e. The molecule has 0 aliphatic rings. The van der Waals surface area contributed by atoms with Crippen molar-refractivity contribution in [2.75, 3.05) is 13.1 Å². The lowest BCUT2D eigenvalue weighted by Crippen LogP contribution is -2.36. The highest BCUT2D eigenvalue weighted by atomic mass is 16.2. The second-order valence-corrected chi connectivity index (χ2v) is 5.58. The Morgan fingerprint density at radius 3 is 2.54 bits per heavy atom. The fourth-order valence-electron chi connectivity index (χ4n) is 2.47. The summed E-state index contributed by atoms with van der Waals surface area (Å²) in [6, 6.07) is 13.4. The predicted molar refractivity (Wildman–Crippen MR) is 90.0 cm³/mol. The van der Waals surface area contributed by atoms with E-state index in [2.05, 4.69) is 0 Å². The minimum Gasteiger partial charge on any atom is -0.370 e. The normalized spacial score (nSPS) is 10.2. The van der Waals surface area contributed by atoms with E-state index in [0.717, 1.165) is 5.56 Å². The van der Waals surface area contributed by atoms with Crippen LogP contribution in [0, 0.1) is 11.3 Å². The van der Waals surface area contributed by atoms with Crippen LogP contribution in [0.15, 0.2) is 42.6 Å². The van der Waals surface area contributed by atoms with Crippen LogP contribution in [0.1, 0.15) is 28.0 Å². The van der Waals surface area contributed by atoms with E-state index in [1.807, 2.05) is 36.4 Å². The van der Waals surface area contributed by atoms with Gasteiger partial charge in [-0.1, -0.05) is 30.3 Å². The smallest absolute Gasteiger partial charge is 0.270 e. The van der Waals surface area contributed by atoms with Crippen molar-refractivity contribution in [3.63, 3.8) is 0 Å². The molecule has 2 aromatic rings. The molecule has 2 rings (SSSR count). The summed E-state index contributed by atoms with van der Waals surface area (Å²) in [4.78, 5) is 25.5. The highest BCUT2D eigenvalue weighted by molar-refractivity contribution is 5.93. The van der Waals surface area contributed by atoms with Gasteiger partial charge < -0.3 is 15.2 Å². The Morgan fingerprint density at radius 2 is 1.96 bits per heavy atom. The number of hydrogen-bond donors (Lipinski definition) is 1. The van der Waals surface area contributed by atoms with E-state index in [0.29, 0.717) is 24.2 Å². The van der Waals surface area contributed by atoms with Crippen LogP contribution in [0.25, 0.3) is 0 Å². The molecule has 124 valence electrons. The summed E-state index contributed by atoms with van der Waals surface area (Å²) in [7, 11) is 1.72. The molecule has 0 saturated carbocycles. The van der Waals surface area contributed by atoms with E-state index in [4.69, 9.17) is 11.0 Å². The second kappa shape index (κ2) is 7.97. The number of carbonyl (C=O) groups excluding carboxylic acids is 2. The number of primary amides is 1. The number of amides is 2. The first-order valence-electron chi connectivity index (χ1n) is 7.69. The Kier molecular flexibility index (Phi) is 5.74. The van der Waals surface area contributed by atoms with Gasteiger partial charge in [-0.3, -0.25) is 9.59 Å². The number of nitriles is 1. The maximum Gasteiger partial charge on any atom is 0.270 e. The molecule has 24 heavy (non-hydrogen) atoms. The number of aryl methyl sites for hydroxylation is 1. The lowest BCUT2D eigenvalue weighted by molar-refractivity contribution is -0.118. The van der Waals surface area contributed by atoms with E-state index in [1.165, 1.54) is 0 Å². The molecule has 0 atom stereocenters. The molecule has 2 N–H and O–H groups in total. The number of nitrogens with two attached hydrogens (primary N) is 1. The maximum absolute atomic E-state index is 12.8. The van der Waals surface area contributed by atoms with Crippen LogP contribution in [-0.4, -0.2) is 34.4 Å². The van der Waals surface area contributed by atoms with Crippen LogP contribution in [0.2, 0.25) is 0 Å². The number of rotatable bonds is 7. The lowest BCUT2D eigenvalue weighted by atomic mass is 10.1. The summed E-state index contributed by atoms with van der Waals surface area (Å²) < 4.78 is 1.63. The minimum absolute atomic E-state index is 0.107. The highest BCUT2D eigenvalue weighted by Gasteiger charge is 2.19. The van der Waals surface area contributed by atoms with Crippen LogP contribution in [0.4, 0.5) is 0 Å². The van der Waals surface area contributed by atoms with E-state index < -0.39 is 5.91 Å². The number of benzene rings is 1. The first-order chi connectivity index (χ1) is 11.5. The van der Waals surface area contributed by atoms with Crippen molar-refractivity contribution in [3.8, 4) is 6.07 Å². The zero-order valence-electron chi connectivity index (χ0n) is 13.6. The monoisotopic (exact) mass is 324 g/mol. The Balaban J connectivity index is 2.14. The summed E-state index contributed by atoms with van der Waals surface area (Å²) in [5.74, 6) is -0.659. The second-order valence-electron chi connectivity index (χ2n) is 5.58. The molecule has 0 aliphatic carbocycles. The van der Waals surface area contributed by atoms with E-state index in [9.17, 15) is 9.59 Å². The van der Waals surface area contributed by atoms with Gasteiger partial charge >= 0.3 is 0 Å². The van der Waals surface area contributed by atoms with Gasteiger partial charge in [0.15, 0.2) is 0 Å². The highest BCUT2D eigenvalue weighted by Crippen LogP contribution is 2.11. The summed E-state index contributed by atoms with van der Waals surface area (Å²) in [5, 5.41) is 8.97. The van der Waals surface area contributed by atoms with E-state index >= 15 is 0 Å². The van der Waals surface area contributed by atoms with Crippen molar-refractivity contribution in [2.24, 2.45) is 12.8 Å². The summed E-state index contributed by atoms with van der Waals surface area (Å²) in [6.07, 6.45) is 2.40. The van der Waals surface area contributed by atoms with E-state index in [-0.39, 0.29) is 18.9 Å². The van der Waals surface area contributed by atoms with Gasteiger partial charge in [0, 0.05) is 32.8 Å². The van der Waals surface area contributed by atoms with Gasteiger partial charge in [-0.15, -0.1) is 0 Å². The molecule has 0 unspecified atom stereocenters. The van der Waals surface area contributed by atoms with Gasteiger partial charge in [0.05, 0.1) is 5.56 Å². The molecule has 1 heterocycles. The molecular formula is C18H20N4O2. The molecule has 1 aromatic heterocycles. The van der Waals surface area contributed by atoms with Crippen molar-refractivity contribution in [1.29, 1.82) is 5.26 Å². The number of aromatic nitrogens is 1. The van der Waals surface area contributed by atoms with Gasteiger partial charge in [-0.2, -0.15) is 5.26 Å². The van der Waals surface area contributed by atoms with Gasteiger partial charge in [-0.25, -0.2) is 0 Å². The first kappa shape index (κ1) is 17.3. The third-order valence-corrected chi connectivity index (χ3v) is 3.78. The number of carbonyl (C=O) groups is 2. The Hall–Kier alpha value is -3.07. The predicted octanol–water partition coefficient (Wildman–Crippen LogP) is 1.46. The van der Waals surface area contributed by atoms with Gasteiger partial charge in [0.2, 0.25) is 5.91 Å². The Morgan fingerprint density at radius 1 is 1.25 bits per heavy atom. The fraction of sp³-hybridized carbons (Fsp3) is 0.278. The molecular weight excluding hydrogens is 304 g/mol. The Bertz CT molecular complexity index is 759. The number of hydrogen-bond acceptors (Lipinski definition) is 3. The molecule has 0 aliphatic heterocycles. The fourth-order valence-corrected chi connectivity index (χ4v) is 2.47.